The van der Waals surface area contributed by atoms with Crippen LogP contribution < -0.4 is 10.6 Å². The zero-order valence-corrected chi connectivity index (χ0v) is 11.3. The molecule has 20 heavy (non-hydrogen) atoms. The minimum absolute atomic E-state index is 0.176. The molecule has 1 atom stereocenters. The van der Waals surface area contributed by atoms with Crippen molar-refractivity contribution in [3.8, 4) is 0 Å². The van der Waals surface area contributed by atoms with Gasteiger partial charge in [-0.2, -0.15) is 0 Å². The number of carboxylic acids is 1. The number of carboxylic acid groups (broad SMARTS) is 1. The quantitative estimate of drug-likeness (QED) is 0.656. The molecule has 0 radical (unpaired) electrons. The fraction of sp³-hybridized carbons (Fsp3) is 0.467. The molecule has 1 fully saturated rings. The Balaban J connectivity index is 1.78. The average Bonchev–Trinajstić information content (AvgIpc) is 3.23. The summed E-state index contributed by atoms with van der Waals surface area (Å²) in [4.78, 5) is 22.9. The summed E-state index contributed by atoms with van der Waals surface area (Å²) in [5.74, 6) is -0.583. The van der Waals surface area contributed by atoms with Crippen LogP contribution in [0.5, 0.6) is 0 Å². The van der Waals surface area contributed by atoms with Gasteiger partial charge < -0.3 is 15.7 Å². The summed E-state index contributed by atoms with van der Waals surface area (Å²) in [5.41, 5.74) is 0.895. The zero-order chi connectivity index (χ0) is 14.4. The van der Waals surface area contributed by atoms with Gasteiger partial charge in [0.2, 0.25) is 5.91 Å². The molecule has 5 nitrogen and oxygen atoms in total. The number of nitrogens with one attached hydrogen (secondary N) is 2. The van der Waals surface area contributed by atoms with Gasteiger partial charge in [-0.25, -0.2) is 4.79 Å². The highest BCUT2D eigenvalue weighted by Gasteiger charge is 2.22. The topological polar surface area (TPSA) is 78.4 Å². The lowest BCUT2D eigenvalue weighted by Gasteiger charge is -2.15. The molecular formula is C15H20N2O3. The van der Waals surface area contributed by atoms with E-state index in [4.69, 9.17) is 0 Å². The molecule has 0 heterocycles. The monoisotopic (exact) mass is 276 g/mol. The van der Waals surface area contributed by atoms with Gasteiger partial charge in [-0.05, 0) is 30.9 Å². The van der Waals surface area contributed by atoms with Crippen molar-refractivity contribution in [3.05, 3.63) is 35.9 Å². The van der Waals surface area contributed by atoms with E-state index in [0.717, 1.165) is 12.1 Å². The second kappa shape index (κ2) is 7.05. The van der Waals surface area contributed by atoms with E-state index >= 15 is 0 Å². The first-order valence-corrected chi connectivity index (χ1v) is 6.92. The van der Waals surface area contributed by atoms with E-state index < -0.39 is 12.0 Å². The van der Waals surface area contributed by atoms with E-state index in [-0.39, 0.29) is 12.5 Å². The first-order chi connectivity index (χ1) is 9.65. The Bertz CT molecular complexity index is 457. The number of hydrogen-bond acceptors (Lipinski definition) is 3. The molecule has 0 aliphatic heterocycles. The molecule has 1 aliphatic carbocycles. The molecule has 0 unspecified atom stereocenters. The average molecular weight is 276 g/mol. The Morgan fingerprint density at radius 2 is 1.95 bits per heavy atom. The predicted molar refractivity (Wildman–Crippen MR) is 75.3 cm³/mol. The van der Waals surface area contributed by atoms with Crippen LogP contribution >= 0.6 is 0 Å². The van der Waals surface area contributed by atoms with E-state index in [2.05, 4.69) is 10.6 Å². The summed E-state index contributed by atoms with van der Waals surface area (Å²) in [6.07, 6.45) is 2.74. The number of carbonyl (C=O) groups excluding carboxylic acids is 1. The first-order valence-electron chi connectivity index (χ1n) is 6.92. The van der Waals surface area contributed by atoms with Gasteiger partial charge in [0, 0.05) is 6.42 Å². The van der Waals surface area contributed by atoms with Crippen LogP contribution in [0.3, 0.4) is 0 Å². The molecular weight excluding hydrogens is 256 g/mol. The maximum atomic E-state index is 11.7. The summed E-state index contributed by atoms with van der Waals surface area (Å²) < 4.78 is 0. The van der Waals surface area contributed by atoms with Crippen LogP contribution in [0.15, 0.2) is 30.3 Å². The first kappa shape index (κ1) is 14.5. The minimum Gasteiger partial charge on any atom is -0.480 e. The van der Waals surface area contributed by atoms with Crippen molar-refractivity contribution in [1.29, 1.82) is 0 Å². The van der Waals surface area contributed by atoms with Crippen molar-refractivity contribution in [2.45, 2.75) is 25.3 Å². The summed E-state index contributed by atoms with van der Waals surface area (Å²) in [6, 6.07) is 8.41. The molecule has 1 amide bonds. The van der Waals surface area contributed by atoms with Crippen LogP contribution in [0.1, 0.15) is 18.4 Å². The third-order valence-electron chi connectivity index (χ3n) is 3.33. The molecule has 1 aliphatic rings. The zero-order valence-electron chi connectivity index (χ0n) is 11.3. The van der Waals surface area contributed by atoms with Gasteiger partial charge in [0.05, 0.1) is 6.54 Å². The normalized spacial score (nSPS) is 15.6. The van der Waals surface area contributed by atoms with Crippen LogP contribution in [0.2, 0.25) is 0 Å². The molecule has 1 aromatic rings. The van der Waals surface area contributed by atoms with E-state index in [1.807, 2.05) is 30.3 Å². The van der Waals surface area contributed by atoms with Crippen LogP contribution in [-0.2, 0) is 16.0 Å². The SMILES string of the molecule is O=C(CNCC1CC1)N[C@H](Cc1ccccc1)C(=O)O. The highest BCUT2D eigenvalue weighted by Crippen LogP contribution is 2.27. The second-order valence-corrected chi connectivity index (χ2v) is 5.22. The predicted octanol–water partition coefficient (Wildman–Crippen LogP) is 0.798. The number of amides is 1. The largest absolute Gasteiger partial charge is 0.480 e. The van der Waals surface area contributed by atoms with Gasteiger partial charge in [-0.3, -0.25) is 4.79 Å². The molecule has 0 spiro atoms. The second-order valence-electron chi connectivity index (χ2n) is 5.22. The van der Waals surface area contributed by atoms with E-state index in [1.165, 1.54) is 12.8 Å². The minimum atomic E-state index is -1.01. The fourth-order valence-corrected chi connectivity index (χ4v) is 2.01. The summed E-state index contributed by atoms with van der Waals surface area (Å²) >= 11 is 0. The lowest BCUT2D eigenvalue weighted by molar-refractivity contribution is -0.141. The lowest BCUT2D eigenvalue weighted by Crippen LogP contribution is -2.46. The van der Waals surface area contributed by atoms with Gasteiger partial charge in [0.15, 0.2) is 0 Å². The van der Waals surface area contributed by atoms with Crippen molar-refractivity contribution in [1.82, 2.24) is 10.6 Å². The molecule has 0 saturated heterocycles. The molecule has 5 heteroatoms. The van der Waals surface area contributed by atoms with Crippen molar-refractivity contribution in [3.63, 3.8) is 0 Å². The van der Waals surface area contributed by atoms with Gasteiger partial charge in [-0.15, -0.1) is 0 Å². The smallest absolute Gasteiger partial charge is 0.326 e. The van der Waals surface area contributed by atoms with Gasteiger partial charge in [0.1, 0.15) is 6.04 Å². The van der Waals surface area contributed by atoms with Gasteiger partial charge >= 0.3 is 5.97 Å². The lowest BCUT2D eigenvalue weighted by atomic mass is 10.1. The Kier molecular flexibility index (Phi) is 5.12. The van der Waals surface area contributed by atoms with Crippen molar-refractivity contribution in [2.24, 2.45) is 5.92 Å². The molecule has 0 aromatic heterocycles. The van der Waals surface area contributed by atoms with Crippen LogP contribution in [-0.4, -0.2) is 36.1 Å². The number of hydrogen-bond donors (Lipinski definition) is 3. The van der Waals surface area contributed by atoms with E-state index in [0.29, 0.717) is 12.3 Å². The maximum Gasteiger partial charge on any atom is 0.326 e. The third-order valence-corrected chi connectivity index (χ3v) is 3.33. The van der Waals surface area contributed by atoms with Crippen LogP contribution in [0, 0.1) is 5.92 Å². The fourth-order valence-electron chi connectivity index (χ4n) is 2.01. The summed E-state index contributed by atoms with van der Waals surface area (Å²) in [5, 5.41) is 14.8. The molecule has 108 valence electrons. The number of aliphatic carboxylic acids is 1. The molecule has 3 N–H and O–H groups in total. The van der Waals surface area contributed by atoms with Crippen LogP contribution in [0.25, 0.3) is 0 Å². The van der Waals surface area contributed by atoms with E-state index in [1.54, 1.807) is 0 Å². The highest BCUT2D eigenvalue weighted by atomic mass is 16.4. The molecule has 1 aromatic carbocycles. The summed E-state index contributed by atoms with van der Waals surface area (Å²) in [6.45, 7) is 1.01. The standard InChI is InChI=1S/C15H20N2O3/c18-14(10-16-9-12-6-7-12)17-13(15(19)20)8-11-4-2-1-3-5-11/h1-5,12-13,16H,6-10H2,(H,17,18)(H,19,20)/t13-/m1/s1. The molecule has 2 rings (SSSR count). The van der Waals surface area contributed by atoms with Gasteiger partial charge in [0.25, 0.3) is 0 Å². The summed E-state index contributed by atoms with van der Waals surface area (Å²) in [7, 11) is 0. The number of rotatable bonds is 8. The van der Waals surface area contributed by atoms with Crippen molar-refractivity contribution in [2.75, 3.05) is 13.1 Å². The Hall–Kier alpha value is -1.88. The Labute approximate surface area is 118 Å². The highest BCUT2D eigenvalue weighted by molar-refractivity contribution is 5.84. The van der Waals surface area contributed by atoms with Gasteiger partial charge in [-0.1, -0.05) is 30.3 Å². The molecule has 1 saturated carbocycles. The maximum absolute atomic E-state index is 11.7. The van der Waals surface area contributed by atoms with Crippen molar-refractivity contribution < 1.29 is 14.7 Å². The number of carbonyl (C=O) groups is 2. The number of benzene rings is 1. The Morgan fingerprint density at radius 3 is 2.55 bits per heavy atom. The Morgan fingerprint density at radius 1 is 1.25 bits per heavy atom. The van der Waals surface area contributed by atoms with E-state index in [9.17, 15) is 14.7 Å². The van der Waals surface area contributed by atoms with Crippen molar-refractivity contribution >= 4 is 11.9 Å². The van der Waals surface area contributed by atoms with Crippen LogP contribution in [0.4, 0.5) is 0 Å². The third kappa shape index (κ3) is 5.01. The molecule has 0 bridgehead atoms.